The van der Waals surface area contributed by atoms with Crippen LogP contribution in [0.5, 0.6) is 0 Å². The van der Waals surface area contributed by atoms with Gasteiger partial charge in [0.15, 0.2) is 5.65 Å². The normalized spacial score (nSPS) is 13.9. The predicted molar refractivity (Wildman–Crippen MR) is 97.1 cm³/mol. The highest BCUT2D eigenvalue weighted by atomic mass is 16.1. The van der Waals surface area contributed by atoms with Gasteiger partial charge in [0.2, 0.25) is 0 Å². The van der Waals surface area contributed by atoms with E-state index >= 15 is 0 Å². The van der Waals surface area contributed by atoms with Gasteiger partial charge in [-0.2, -0.15) is 5.10 Å². The molecule has 132 valence electrons. The molecule has 0 saturated heterocycles. The molecule has 2 rings (SSSR count). The molecule has 0 aliphatic heterocycles. The summed E-state index contributed by atoms with van der Waals surface area (Å²) < 4.78 is 1.90. The summed E-state index contributed by atoms with van der Waals surface area (Å²) in [6, 6.07) is 2.08. The number of nitrogens with two attached hydrogens (primary N) is 1. The number of aryl methyl sites for hydroxylation is 1. The van der Waals surface area contributed by atoms with Gasteiger partial charge >= 0.3 is 0 Å². The van der Waals surface area contributed by atoms with Crippen LogP contribution in [0.3, 0.4) is 0 Å². The molecule has 0 aliphatic carbocycles. The maximum absolute atomic E-state index is 12.8. The number of nitrogens with one attached hydrogen (secondary N) is 1. The highest BCUT2D eigenvalue weighted by molar-refractivity contribution is 6.05. The average Bonchev–Trinajstić information content (AvgIpc) is 3.00. The van der Waals surface area contributed by atoms with Gasteiger partial charge in [0.25, 0.3) is 5.91 Å². The fraction of sp³-hybridized carbons (Fsp3) is 0.611. The molecule has 6 heteroatoms. The molecule has 6 nitrogen and oxygen atoms in total. The molecule has 3 N–H and O–H groups in total. The van der Waals surface area contributed by atoms with Gasteiger partial charge in [-0.25, -0.2) is 9.67 Å². The Hall–Kier alpha value is -1.95. The second-order valence-corrected chi connectivity index (χ2v) is 6.44. The molecule has 2 atom stereocenters. The van der Waals surface area contributed by atoms with E-state index < -0.39 is 0 Å². The van der Waals surface area contributed by atoms with E-state index in [1.165, 1.54) is 0 Å². The SMILES string of the molecule is CCCCC(CN)NC(=O)c1cc(C)nc2c1cnn2C(C)CC. The summed E-state index contributed by atoms with van der Waals surface area (Å²) in [6.45, 7) is 8.70. The molecular formula is C18H29N5O. The first-order valence-corrected chi connectivity index (χ1v) is 8.87. The topological polar surface area (TPSA) is 85.8 Å². The van der Waals surface area contributed by atoms with Crippen LogP contribution in [0, 0.1) is 6.92 Å². The van der Waals surface area contributed by atoms with Crippen LogP contribution in [-0.2, 0) is 0 Å². The van der Waals surface area contributed by atoms with Crippen molar-refractivity contribution in [2.45, 2.75) is 65.5 Å². The summed E-state index contributed by atoms with van der Waals surface area (Å²) in [4.78, 5) is 17.4. The molecule has 24 heavy (non-hydrogen) atoms. The molecule has 2 aromatic heterocycles. The van der Waals surface area contributed by atoms with E-state index in [1.54, 1.807) is 6.20 Å². The summed E-state index contributed by atoms with van der Waals surface area (Å²) in [5, 5.41) is 8.31. The number of aromatic nitrogens is 3. The van der Waals surface area contributed by atoms with E-state index in [9.17, 15) is 4.79 Å². The molecule has 2 unspecified atom stereocenters. The Labute approximate surface area is 143 Å². The molecule has 2 aromatic rings. The summed E-state index contributed by atoms with van der Waals surface area (Å²) in [6.07, 6.45) is 5.75. The summed E-state index contributed by atoms with van der Waals surface area (Å²) in [5.74, 6) is -0.0965. The Kier molecular flexibility index (Phi) is 6.31. The van der Waals surface area contributed by atoms with Gasteiger partial charge in [-0.05, 0) is 32.8 Å². The maximum Gasteiger partial charge on any atom is 0.252 e. The standard InChI is InChI=1S/C18H29N5O/c1-5-7-8-14(10-19)22-18(24)15-9-12(3)21-17-16(15)11-20-23(17)13(4)6-2/h9,11,13-14H,5-8,10,19H2,1-4H3,(H,22,24). The van der Waals surface area contributed by atoms with E-state index in [0.717, 1.165) is 42.4 Å². The van der Waals surface area contributed by atoms with Gasteiger partial charge < -0.3 is 11.1 Å². The number of amides is 1. The lowest BCUT2D eigenvalue weighted by atomic mass is 10.1. The lowest BCUT2D eigenvalue weighted by molar-refractivity contribution is 0.0937. The van der Waals surface area contributed by atoms with Crippen molar-refractivity contribution in [2.24, 2.45) is 5.73 Å². The van der Waals surface area contributed by atoms with Gasteiger partial charge in [-0.1, -0.05) is 26.7 Å². The van der Waals surface area contributed by atoms with Crippen molar-refractivity contribution in [3.05, 3.63) is 23.5 Å². The summed E-state index contributed by atoms with van der Waals surface area (Å²) in [7, 11) is 0. The molecule has 0 spiro atoms. The van der Waals surface area contributed by atoms with Crippen LogP contribution in [0.25, 0.3) is 11.0 Å². The lowest BCUT2D eigenvalue weighted by Crippen LogP contribution is -2.40. The van der Waals surface area contributed by atoms with Crippen molar-refractivity contribution in [1.82, 2.24) is 20.1 Å². The number of pyridine rings is 1. The first kappa shape index (κ1) is 18.4. The molecule has 0 bridgehead atoms. The smallest absolute Gasteiger partial charge is 0.252 e. The fourth-order valence-electron chi connectivity index (χ4n) is 2.79. The third kappa shape index (κ3) is 3.93. The van der Waals surface area contributed by atoms with E-state index in [1.807, 2.05) is 17.7 Å². The van der Waals surface area contributed by atoms with Crippen molar-refractivity contribution >= 4 is 16.9 Å². The van der Waals surface area contributed by atoms with E-state index in [2.05, 4.69) is 36.2 Å². The van der Waals surface area contributed by atoms with Gasteiger partial charge in [-0.15, -0.1) is 0 Å². The second-order valence-electron chi connectivity index (χ2n) is 6.44. The van der Waals surface area contributed by atoms with E-state index in [0.29, 0.717) is 12.1 Å². The Morgan fingerprint density at radius 3 is 2.79 bits per heavy atom. The quantitative estimate of drug-likeness (QED) is 0.778. The largest absolute Gasteiger partial charge is 0.348 e. The number of nitrogens with zero attached hydrogens (tertiary/aromatic N) is 3. The third-order valence-corrected chi connectivity index (χ3v) is 4.47. The van der Waals surface area contributed by atoms with Crippen LogP contribution in [0.1, 0.15) is 68.5 Å². The summed E-state index contributed by atoms with van der Waals surface area (Å²) in [5.41, 5.74) is 8.01. The van der Waals surface area contributed by atoms with Crippen molar-refractivity contribution in [2.75, 3.05) is 6.54 Å². The Morgan fingerprint density at radius 2 is 2.17 bits per heavy atom. The van der Waals surface area contributed by atoms with Crippen molar-refractivity contribution in [3.63, 3.8) is 0 Å². The number of hydrogen-bond acceptors (Lipinski definition) is 4. The highest BCUT2D eigenvalue weighted by Gasteiger charge is 2.19. The van der Waals surface area contributed by atoms with Gasteiger partial charge in [0.1, 0.15) is 0 Å². The first-order chi connectivity index (χ1) is 11.5. The molecular weight excluding hydrogens is 302 g/mol. The number of rotatable bonds is 8. The van der Waals surface area contributed by atoms with Gasteiger partial charge in [0, 0.05) is 18.3 Å². The van der Waals surface area contributed by atoms with Crippen molar-refractivity contribution < 1.29 is 4.79 Å². The number of hydrogen-bond donors (Lipinski definition) is 2. The molecule has 0 radical (unpaired) electrons. The third-order valence-electron chi connectivity index (χ3n) is 4.47. The molecule has 2 heterocycles. The number of fused-ring (bicyclic) bond motifs is 1. The molecule has 0 aliphatic rings. The average molecular weight is 331 g/mol. The molecule has 0 fully saturated rings. The summed E-state index contributed by atoms with van der Waals surface area (Å²) >= 11 is 0. The van der Waals surface area contributed by atoms with Gasteiger partial charge in [-0.3, -0.25) is 4.79 Å². The van der Waals surface area contributed by atoms with Crippen LogP contribution in [-0.4, -0.2) is 33.3 Å². The monoisotopic (exact) mass is 331 g/mol. The predicted octanol–water partition coefficient (Wildman–Crippen LogP) is 2.96. The molecule has 1 amide bonds. The van der Waals surface area contributed by atoms with Crippen LogP contribution >= 0.6 is 0 Å². The Bertz CT molecular complexity index is 694. The second kappa shape index (κ2) is 8.24. The number of carbonyl (C=O) groups excluding carboxylic acids is 1. The minimum Gasteiger partial charge on any atom is -0.348 e. The van der Waals surface area contributed by atoms with Gasteiger partial charge in [0.05, 0.1) is 23.2 Å². The lowest BCUT2D eigenvalue weighted by Gasteiger charge is -2.17. The zero-order valence-electron chi connectivity index (χ0n) is 15.2. The zero-order valence-corrected chi connectivity index (χ0v) is 15.2. The van der Waals surface area contributed by atoms with Crippen molar-refractivity contribution in [1.29, 1.82) is 0 Å². The van der Waals surface area contributed by atoms with E-state index in [4.69, 9.17) is 5.73 Å². The Balaban J connectivity index is 2.34. The number of unbranched alkanes of at least 4 members (excludes halogenated alkanes) is 1. The minimum absolute atomic E-state index is 0.00517. The van der Waals surface area contributed by atoms with Crippen LogP contribution in [0.15, 0.2) is 12.3 Å². The fourth-order valence-corrected chi connectivity index (χ4v) is 2.79. The Morgan fingerprint density at radius 1 is 1.42 bits per heavy atom. The first-order valence-electron chi connectivity index (χ1n) is 8.87. The molecule has 0 saturated carbocycles. The zero-order chi connectivity index (χ0) is 17.7. The van der Waals surface area contributed by atoms with Crippen molar-refractivity contribution in [3.8, 4) is 0 Å². The van der Waals surface area contributed by atoms with Crippen LogP contribution in [0.4, 0.5) is 0 Å². The van der Waals surface area contributed by atoms with E-state index in [-0.39, 0.29) is 18.0 Å². The highest BCUT2D eigenvalue weighted by Crippen LogP contribution is 2.22. The molecule has 0 aromatic carbocycles. The minimum atomic E-state index is -0.0965. The number of carbonyl (C=O) groups is 1. The van der Waals surface area contributed by atoms with Crippen LogP contribution < -0.4 is 11.1 Å². The maximum atomic E-state index is 12.8. The van der Waals surface area contributed by atoms with Crippen LogP contribution in [0.2, 0.25) is 0 Å².